The summed E-state index contributed by atoms with van der Waals surface area (Å²) in [6.07, 6.45) is 3.32. The van der Waals surface area contributed by atoms with Crippen LogP contribution in [0.5, 0.6) is 5.75 Å². The molecule has 1 aromatic carbocycles. The van der Waals surface area contributed by atoms with Crippen molar-refractivity contribution < 1.29 is 14.6 Å². The van der Waals surface area contributed by atoms with Gasteiger partial charge in [0.25, 0.3) is 0 Å². The van der Waals surface area contributed by atoms with E-state index >= 15 is 0 Å². The van der Waals surface area contributed by atoms with E-state index in [4.69, 9.17) is 9.84 Å². The molecule has 1 saturated carbocycles. The first kappa shape index (κ1) is 11.0. The fourth-order valence-electron chi connectivity index (χ4n) is 2.41. The minimum Gasteiger partial charge on any atom is -0.497 e. The Hall–Kier alpha value is -1.51. The first-order chi connectivity index (χ1) is 7.66. The van der Waals surface area contributed by atoms with Crippen LogP contribution in [-0.4, -0.2) is 18.2 Å². The van der Waals surface area contributed by atoms with Crippen molar-refractivity contribution in [1.82, 2.24) is 0 Å². The van der Waals surface area contributed by atoms with Crippen molar-refractivity contribution in [3.63, 3.8) is 0 Å². The second-order valence-corrected chi connectivity index (χ2v) is 4.43. The highest BCUT2D eigenvalue weighted by Gasteiger charge is 2.40. The first-order valence-corrected chi connectivity index (χ1v) is 5.53. The zero-order valence-corrected chi connectivity index (χ0v) is 9.40. The van der Waals surface area contributed by atoms with Crippen LogP contribution in [0.1, 0.15) is 31.2 Å². The average Bonchev–Trinajstić information content (AvgIpc) is 2.23. The summed E-state index contributed by atoms with van der Waals surface area (Å²) >= 11 is 0. The molecule has 0 bridgehead atoms. The van der Waals surface area contributed by atoms with Crippen LogP contribution in [0, 0.1) is 0 Å². The number of carboxylic acid groups (broad SMARTS) is 1. The van der Waals surface area contributed by atoms with Gasteiger partial charge < -0.3 is 9.84 Å². The topological polar surface area (TPSA) is 46.5 Å². The Morgan fingerprint density at radius 3 is 2.38 bits per heavy atom. The van der Waals surface area contributed by atoms with E-state index in [1.807, 2.05) is 24.3 Å². The predicted octanol–water partition coefficient (Wildman–Crippen LogP) is 2.59. The summed E-state index contributed by atoms with van der Waals surface area (Å²) < 4.78 is 5.10. The Morgan fingerprint density at radius 1 is 1.38 bits per heavy atom. The molecule has 0 aliphatic heterocycles. The molecule has 0 unspecified atom stereocenters. The first-order valence-electron chi connectivity index (χ1n) is 5.53. The van der Waals surface area contributed by atoms with Crippen molar-refractivity contribution in [2.75, 3.05) is 7.11 Å². The lowest BCUT2D eigenvalue weighted by Crippen LogP contribution is -2.36. The van der Waals surface area contributed by atoms with E-state index in [1.165, 1.54) is 0 Å². The molecule has 0 aromatic heterocycles. The van der Waals surface area contributed by atoms with E-state index in [9.17, 15) is 4.79 Å². The fraction of sp³-hybridized carbons (Fsp3) is 0.462. The molecule has 0 heterocycles. The van der Waals surface area contributed by atoms with Crippen molar-refractivity contribution in [3.05, 3.63) is 29.8 Å². The van der Waals surface area contributed by atoms with Crippen LogP contribution >= 0.6 is 0 Å². The van der Waals surface area contributed by atoms with Gasteiger partial charge in [-0.25, -0.2) is 0 Å². The van der Waals surface area contributed by atoms with E-state index < -0.39 is 5.97 Å². The van der Waals surface area contributed by atoms with E-state index in [0.717, 1.165) is 30.6 Å². The van der Waals surface area contributed by atoms with Crippen LogP contribution in [0.3, 0.4) is 0 Å². The third-order valence-electron chi connectivity index (χ3n) is 3.50. The Kier molecular flexibility index (Phi) is 2.86. The summed E-state index contributed by atoms with van der Waals surface area (Å²) in [4.78, 5) is 10.9. The number of aliphatic carboxylic acids is 1. The highest BCUT2D eigenvalue weighted by molar-refractivity contribution is 5.69. The molecule has 3 heteroatoms. The van der Waals surface area contributed by atoms with E-state index in [0.29, 0.717) is 0 Å². The summed E-state index contributed by atoms with van der Waals surface area (Å²) in [6, 6.07) is 7.77. The molecule has 3 nitrogen and oxygen atoms in total. The fourth-order valence-corrected chi connectivity index (χ4v) is 2.41. The Balaban J connectivity index is 2.22. The third kappa shape index (κ3) is 1.90. The molecule has 0 saturated heterocycles. The molecule has 1 aromatic rings. The second-order valence-electron chi connectivity index (χ2n) is 4.43. The van der Waals surface area contributed by atoms with Gasteiger partial charge in [-0.2, -0.15) is 0 Å². The van der Waals surface area contributed by atoms with E-state index in [1.54, 1.807) is 7.11 Å². The monoisotopic (exact) mass is 220 g/mol. The van der Waals surface area contributed by atoms with Crippen LogP contribution < -0.4 is 4.74 Å². The van der Waals surface area contributed by atoms with Crippen molar-refractivity contribution >= 4 is 5.97 Å². The van der Waals surface area contributed by atoms with E-state index in [-0.39, 0.29) is 11.8 Å². The van der Waals surface area contributed by atoms with Gasteiger partial charge in [-0.1, -0.05) is 18.6 Å². The van der Waals surface area contributed by atoms with Gasteiger partial charge in [-0.05, 0) is 30.5 Å². The zero-order valence-electron chi connectivity index (χ0n) is 9.40. The van der Waals surface area contributed by atoms with Crippen LogP contribution in [0.15, 0.2) is 24.3 Å². The smallest absolute Gasteiger partial charge is 0.304 e. The maximum Gasteiger partial charge on any atom is 0.304 e. The number of carboxylic acids is 1. The summed E-state index contributed by atoms with van der Waals surface area (Å²) in [5.74, 6) is 0.101. The van der Waals surface area contributed by atoms with Gasteiger partial charge in [-0.3, -0.25) is 4.79 Å². The largest absolute Gasteiger partial charge is 0.497 e. The minimum atomic E-state index is -0.712. The lowest BCUT2D eigenvalue weighted by atomic mass is 9.62. The Bertz CT molecular complexity index is 377. The van der Waals surface area contributed by atoms with Gasteiger partial charge in [0.05, 0.1) is 13.5 Å². The third-order valence-corrected chi connectivity index (χ3v) is 3.50. The summed E-state index contributed by atoms with van der Waals surface area (Å²) in [5.41, 5.74) is 1.000. The number of carbonyl (C=O) groups is 1. The Labute approximate surface area is 95.0 Å². The van der Waals surface area contributed by atoms with Crippen LogP contribution in [0.2, 0.25) is 0 Å². The number of benzene rings is 1. The Morgan fingerprint density at radius 2 is 2.00 bits per heavy atom. The summed E-state index contributed by atoms with van der Waals surface area (Å²) in [7, 11) is 1.63. The zero-order chi connectivity index (χ0) is 11.6. The highest BCUT2D eigenvalue weighted by atomic mass is 16.5. The normalized spacial score (nSPS) is 17.6. The van der Waals surface area contributed by atoms with Gasteiger partial charge in [0.1, 0.15) is 5.75 Å². The average molecular weight is 220 g/mol. The molecule has 0 radical (unpaired) electrons. The molecule has 86 valence electrons. The molecule has 1 aliphatic rings. The predicted molar refractivity (Wildman–Crippen MR) is 60.8 cm³/mol. The van der Waals surface area contributed by atoms with Crippen molar-refractivity contribution in [3.8, 4) is 5.75 Å². The summed E-state index contributed by atoms with van der Waals surface area (Å²) in [6.45, 7) is 0. The van der Waals surface area contributed by atoms with Gasteiger partial charge in [0.2, 0.25) is 0 Å². The molecule has 1 aliphatic carbocycles. The molecule has 0 atom stereocenters. The number of ether oxygens (including phenoxy) is 1. The van der Waals surface area contributed by atoms with Crippen molar-refractivity contribution in [2.45, 2.75) is 31.1 Å². The molecule has 16 heavy (non-hydrogen) atoms. The highest BCUT2D eigenvalue weighted by Crippen LogP contribution is 2.46. The number of methoxy groups -OCH3 is 1. The number of hydrogen-bond acceptors (Lipinski definition) is 2. The van der Waals surface area contributed by atoms with Crippen LogP contribution in [-0.2, 0) is 10.2 Å². The molecule has 1 fully saturated rings. The van der Waals surface area contributed by atoms with Crippen LogP contribution in [0.4, 0.5) is 0 Å². The molecule has 1 N–H and O–H groups in total. The SMILES string of the molecule is COc1ccc(C2(CC(=O)O)CCC2)cc1. The van der Waals surface area contributed by atoms with E-state index in [2.05, 4.69) is 0 Å². The van der Waals surface area contributed by atoms with Gasteiger partial charge in [0, 0.05) is 5.41 Å². The van der Waals surface area contributed by atoms with Crippen molar-refractivity contribution in [1.29, 1.82) is 0 Å². The minimum absolute atomic E-state index is 0.127. The molecule has 0 spiro atoms. The second kappa shape index (κ2) is 4.16. The number of hydrogen-bond donors (Lipinski definition) is 1. The molecular formula is C13H16O3. The molecule has 2 rings (SSSR count). The lowest BCUT2D eigenvalue weighted by Gasteiger charge is -2.41. The lowest BCUT2D eigenvalue weighted by molar-refractivity contribution is -0.139. The number of rotatable bonds is 4. The molecular weight excluding hydrogens is 204 g/mol. The van der Waals surface area contributed by atoms with Gasteiger partial charge in [-0.15, -0.1) is 0 Å². The standard InChI is InChI=1S/C13H16O3/c1-16-11-5-3-10(4-6-11)13(7-2-8-13)9-12(14)15/h3-6H,2,7-9H2,1H3,(H,14,15). The quantitative estimate of drug-likeness (QED) is 0.848. The van der Waals surface area contributed by atoms with Crippen LogP contribution in [0.25, 0.3) is 0 Å². The molecule has 0 amide bonds. The summed E-state index contributed by atoms with van der Waals surface area (Å²) in [5, 5.41) is 8.95. The maximum absolute atomic E-state index is 10.9. The van der Waals surface area contributed by atoms with Gasteiger partial charge in [0.15, 0.2) is 0 Å². The maximum atomic E-state index is 10.9. The van der Waals surface area contributed by atoms with Gasteiger partial charge >= 0.3 is 5.97 Å². The van der Waals surface area contributed by atoms with Crippen molar-refractivity contribution in [2.24, 2.45) is 0 Å².